The number of allylic oxidation sites excluding steroid dienone is 2. The summed E-state index contributed by atoms with van der Waals surface area (Å²) in [7, 11) is 1.87. The number of aliphatic hydroxyl groups excluding tert-OH is 1. The van der Waals surface area contributed by atoms with E-state index in [4.69, 9.17) is 0 Å². The number of Topliss-reactive ketones (excluding diaryl/α,β-unsaturated/α-hetero) is 1. The number of nitrogens with zero attached hydrogens (tertiary/aromatic N) is 1. The van der Waals surface area contributed by atoms with Gasteiger partial charge in [-0.25, -0.2) is 0 Å². The van der Waals surface area contributed by atoms with Crippen molar-refractivity contribution >= 4 is 11.4 Å². The summed E-state index contributed by atoms with van der Waals surface area (Å²) >= 11 is 0. The Kier molecular flexibility index (Phi) is 3.14. The number of hydrogen-bond acceptors (Lipinski definition) is 5. The second-order valence-electron chi connectivity index (χ2n) is 5.80. The van der Waals surface area contributed by atoms with Crippen LogP contribution in [0.2, 0.25) is 0 Å². The van der Waals surface area contributed by atoms with Crippen LogP contribution < -0.4 is 0 Å². The van der Waals surface area contributed by atoms with Crippen LogP contribution in [0.1, 0.15) is 28.4 Å². The molecule has 0 radical (unpaired) electrons. The summed E-state index contributed by atoms with van der Waals surface area (Å²) in [5, 5.41) is 39.5. The van der Waals surface area contributed by atoms with Crippen LogP contribution in [0.25, 0.3) is 5.57 Å². The third-order valence-electron chi connectivity index (χ3n) is 4.49. The summed E-state index contributed by atoms with van der Waals surface area (Å²) in [5.74, 6) is -2.62. The molecule has 0 amide bonds. The van der Waals surface area contributed by atoms with Crippen molar-refractivity contribution in [2.24, 2.45) is 7.05 Å². The number of rotatable bonds is 2. The smallest absolute Gasteiger partial charge is 0.182 e. The molecule has 6 nitrogen and oxygen atoms in total. The van der Waals surface area contributed by atoms with Crippen molar-refractivity contribution in [2.75, 3.05) is 0 Å². The summed E-state index contributed by atoms with van der Waals surface area (Å²) in [5.41, 5.74) is 2.25. The largest absolute Gasteiger partial charge is 0.510 e. The average Bonchev–Trinajstić information content (AvgIpc) is 2.70. The number of benzene rings is 1. The maximum Gasteiger partial charge on any atom is 0.182 e. The fraction of sp³-hybridized carbons (Fsp3) is 0.235. The van der Waals surface area contributed by atoms with Crippen LogP contribution in [0.3, 0.4) is 0 Å². The van der Waals surface area contributed by atoms with Gasteiger partial charge in [-0.15, -0.1) is 0 Å². The molecular weight excluding hydrogens is 298 g/mol. The molecule has 1 heterocycles. The van der Waals surface area contributed by atoms with Crippen molar-refractivity contribution in [1.29, 1.82) is 0 Å². The van der Waals surface area contributed by atoms with E-state index in [-0.39, 0.29) is 28.4 Å². The third-order valence-corrected chi connectivity index (χ3v) is 4.49. The highest BCUT2D eigenvalue weighted by molar-refractivity contribution is 6.33. The molecule has 6 heteroatoms. The zero-order valence-corrected chi connectivity index (χ0v) is 13.0. The molecule has 0 fully saturated rings. The van der Waals surface area contributed by atoms with E-state index in [0.29, 0.717) is 5.56 Å². The predicted octanol–water partition coefficient (Wildman–Crippen LogP) is 2.39. The van der Waals surface area contributed by atoms with E-state index in [1.807, 2.05) is 31.5 Å². The van der Waals surface area contributed by atoms with Gasteiger partial charge in [-0.05, 0) is 25.5 Å². The first-order chi connectivity index (χ1) is 10.7. The normalized spacial score (nSPS) is 17.5. The van der Waals surface area contributed by atoms with E-state index in [2.05, 4.69) is 0 Å². The number of phenols is 3. The fourth-order valence-electron chi connectivity index (χ4n) is 3.03. The topological polar surface area (TPSA) is 103 Å². The van der Waals surface area contributed by atoms with Gasteiger partial charge in [0.25, 0.3) is 0 Å². The van der Waals surface area contributed by atoms with Gasteiger partial charge >= 0.3 is 0 Å². The quantitative estimate of drug-likeness (QED) is 0.681. The van der Waals surface area contributed by atoms with Crippen LogP contribution in [0.4, 0.5) is 0 Å². The highest BCUT2D eigenvalue weighted by atomic mass is 16.3. The van der Waals surface area contributed by atoms with E-state index in [1.165, 1.54) is 0 Å². The minimum Gasteiger partial charge on any atom is -0.510 e. The number of aromatic nitrogens is 1. The van der Waals surface area contributed by atoms with Crippen LogP contribution in [-0.2, 0) is 11.8 Å². The van der Waals surface area contributed by atoms with Gasteiger partial charge in [-0.2, -0.15) is 0 Å². The monoisotopic (exact) mass is 315 g/mol. The molecule has 0 bridgehead atoms. The van der Waals surface area contributed by atoms with Gasteiger partial charge in [0.15, 0.2) is 5.78 Å². The van der Waals surface area contributed by atoms with Crippen molar-refractivity contribution < 1.29 is 25.2 Å². The third kappa shape index (κ3) is 1.98. The van der Waals surface area contributed by atoms with E-state index in [1.54, 1.807) is 0 Å². The van der Waals surface area contributed by atoms with Crippen molar-refractivity contribution in [3.63, 3.8) is 0 Å². The lowest BCUT2D eigenvalue weighted by Gasteiger charge is -2.29. The second kappa shape index (κ2) is 4.81. The molecule has 23 heavy (non-hydrogen) atoms. The molecule has 1 aromatic carbocycles. The molecule has 120 valence electrons. The molecule has 1 aliphatic rings. The first-order valence-corrected chi connectivity index (χ1v) is 7.09. The first-order valence-electron chi connectivity index (χ1n) is 7.09. The van der Waals surface area contributed by atoms with Gasteiger partial charge in [-0.1, -0.05) is 0 Å². The summed E-state index contributed by atoms with van der Waals surface area (Å²) in [6.07, 6.45) is 0. The Morgan fingerprint density at radius 1 is 1.00 bits per heavy atom. The molecule has 0 saturated carbocycles. The zero-order valence-electron chi connectivity index (χ0n) is 13.0. The van der Waals surface area contributed by atoms with Gasteiger partial charge in [0.1, 0.15) is 28.9 Å². The van der Waals surface area contributed by atoms with Gasteiger partial charge in [0.05, 0.1) is 11.1 Å². The average molecular weight is 315 g/mol. The molecule has 3 rings (SSSR count). The van der Waals surface area contributed by atoms with Crippen molar-refractivity contribution in [3.05, 3.63) is 46.5 Å². The van der Waals surface area contributed by atoms with Gasteiger partial charge in [0, 0.05) is 30.6 Å². The molecule has 1 aromatic heterocycles. The Balaban J connectivity index is 2.12. The summed E-state index contributed by atoms with van der Waals surface area (Å²) in [6, 6.07) is 3.85. The van der Waals surface area contributed by atoms with Crippen LogP contribution in [0, 0.1) is 13.8 Å². The lowest BCUT2D eigenvalue weighted by molar-refractivity contribution is -0.116. The van der Waals surface area contributed by atoms with Crippen LogP contribution >= 0.6 is 0 Å². The Labute approximate surface area is 132 Å². The number of aryl methyl sites for hydroxylation is 1. The molecule has 0 saturated heterocycles. The highest BCUT2D eigenvalue weighted by Gasteiger charge is 2.44. The van der Waals surface area contributed by atoms with E-state index in [0.717, 1.165) is 23.5 Å². The number of aromatic hydroxyl groups is 3. The van der Waals surface area contributed by atoms with Gasteiger partial charge in [0.2, 0.25) is 0 Å². The Morgan fingerprint density at radius 3 is 2.00 bits per heavy atom. The molecule has 2 aromatic rings. The maximum absolute atomic E-state index is 12.5. The lowest BCUT2D eigenvalue weighted by Crippen LogP contribution is -2.28. The summed E-state index contributed by atoms with van der Waals surface area (Å²) in [4.78, 5) is 12.5. The summed E-state index contributed by atoms with van der Waals surface area (Å²) in [6.45, 7) is 3.76. The minimum absolute atomic E-state index is 0.120. The Morgan fingerprint density at radius 2 is 1.57 bits per heavy atom. The number of carbonyl (C=O) groups excluding carboxylic acids is 1. The standard InChI is InChI=1S/C17H17NO5/c1-7-4-10(8(2)18(7)3)13-16(22)15(17(13)23)14-11(20)5-9(19)6-12(14)21/h4-6,13,19-22H,1-3H3. The lowest BCUT2D eigenvalue weighted by atomic mass is 9.74. The minimum atomic E-state index is -0.794. The molecule has 1 atom stereocenters. The molecule has 0 aliphatic heterocycles. The molecule has 1 unspecified atom stereocenters. The van der Waals surface area contributed by atoms with Crippen LogP contribution in [0.5, 0.6) is 17.2 Å². The zero-order chi connectivity index (χ0) is 17.0. The highest BCUT2D eigenvalue weighted by Crippen LogP contribution is 2.49. The number of ketones is 1. The second-order valence-corrected chi connectivity index (χ2v) is 5.80. The Hall–Kier alpha value is -2.89. The number of hydrogen-bond donors (Lipinski definition) is 4. The SMILES string of the molecule is Cc1cc(C2C(=O)C(c3c(O)cc(O)cc3O)=C2O)c(C)n1C. The predicted molar refractivity (Wildman–Crippen MR) is 83.6 cm³/mol. The number of carbonyl (C=O) groups is 1. The van der Waals surface area contributed by atoms with Crippen molar-refractivity contribution in [3.8, 4) is 17.2 Å². The molecule has 1 aliphatic carbocycles. The van der Waals surface area contributed by atoms with Gasteiger partial charge < -0.3 is 25.0 Å². The number of phenolic OH excluding ortho intramolecular Hbond substituents is 3. The first kappa shape index (κ1) is 15.0. The van der Waals surface area contributed by atoms with E-state index in [9.17, 15) is 25.2 Å². The fourth-order valence-corrected chi connectivity index (χ4v) is 3.03. The molecule has 0 spiro atoms. The van der Waals surface area contributed by atoms with Crippen LogP contribution in [0.15, 0.2) is 24.0 Å². The molecule has 4 N–H and O–H groups in total. The Bertz CT molecular complexity index is 852. The van der Waals surface area contributed by atoms with Crippen molar-refractivity contribution in [2.45, 2.75) is 19.8 Å². The van der Waals surface area contributed by atoms with E-state index >= 15 is 0 Å². The summed E-state index contributed by atoms with van der Waals surface area (Å²) < 4.78 is 1.92. The van der Waals surface area contributed by atoms with Gasteiger partial charge in [-0.3, -0.25) is 4.79 Å². The van der Waals surface area contributed by atoms with Crippen LogP contribution in [-0.4, -0.2) is 30.8 Å². The number of aliphatic hydroxyl groups is 1. The van der Waals surface area contributed by atoms with E-state index < -0.39 is 17.4 Å². The maximum atomic E-state index is 12.5. The van der Waals surface area contributed by atoms with Crippen molar-refractivity contribution in [1.82, 2.24) is 4.57 Å². The molecular formula is C17H17NO5.